The summed E-state index contributed by atoms with van der Waals surface area (Å²) >= 11 is 13.0. The minimum absolute atomic E-state index is 0.0737. The summed E-state index contributed by atoms with van der Waals surface area (Å²) in [5, 5.41) is 1.25. The van der Waals surface area contributed by atoms with E-state index in [0.29, 0.717) is 45.9 Å². The highest BCUT2D eigenvalue weighted by atomic mass is 35.5. The van der Waals surface area contributed by atoms with Crippen LogP contribution in [0.15, 0.2) is 31.0 Å². The summed E-state index contributed by atoms with van der Waals surface area (Å²) in [5.41, 5.74) is 1.40. The first-order chi connectivity index (χ1) is 14.4. The fraction of sp³-hybridized carbons (Fsp3) is 0.238. The minimum Gasteiger partial charge on any atom is -0.495 e. The van der Waals surface area contributed by atoms with Crippen LogP contribution < -0.4 is 14.2 Å². The molecule has 0 aliphatic carbocycles. The number of rotatable bonds is 8. The van der Waals surface area contributed by atoms with Crippen molar-refractivity contribution in [2.24, 2.45) is 0 Å². The Balaban J connectivity index is 2.15. The second-order valence-electron chi connectivity index (χ2n) is 6.20. The fourth-order valence-corrected chi connectivity index (χ4v) is 3.58. The normalized spacial score (nSPS) is 10.7. The third kappa shape index (κ3) is 4.17. The second kappa shape index (κ2) is 9.28. The molecule has 3 rings (SSSR count). The van der Waals surface area contributed by atoms with Crippen LogP contribution in [0, 0.1) is 0 Å². The Morgan fingerprint density at radius 1 is 1.07 bits per heavy atom. The van der Waals surface area contributed by atoms with Crippen LogP contribution in [-0.4, -0.2) is 42.1 Å². The van der Waals surface area contributed by atoms with E-state index in [4.69, 9.17) is 37.4 Å². The minimum atomic E-state index is -0.0737. The van der Waals surface area contributed by atoms with Crippen molar-refractivity contribution in [1.82, 2.24) is 15.0 Å². The quantitative estimate of drug-likeness (QED) is 0.462. The van der Waals surface area contributed by atoms with Gasteiger partial charge in [-0.15, -0.1) is 0 Å². The zero-order valence-corrected chi connectivity index (χ0v) is 18.2. The molecule has 0 fully saturated rings. The monoisotopic (exact) mass is 447 g/mol. The SMILES string of the molecule is C=CC(=O)CCc1ncc2cc(-c3c(Cl)c(OC)cc(OC)c3Cl)nc(OC)c2n1. The molecule has 9 heteroatoms. The molecule has 2 aromatic heterocycles. The van der Waals surface area contributed by atoms with Crippen molar-refractivity contribution in [2.75, 3.05) is 21.3 Å². The Hall–Kier alpha value is -2.90. The van der Waals surface area contributed by atoms with Gasteiger partial charge in [-0.1, -0.05) is 29.8 Å². The molecule has 0 spiro atoms. The number of methoxy groups -OCH3 is 3. The highest BCUT2D eigenvalue weighted by molar-refractivity contribution is 6.41. The number of hydrogen-bond acceptors (Lipinski definition) is 7. The first-order valence-corrected chi connectivity index (χ1v) is 9.65. The van der Waals surface area contributed by atoms with Gasteiger partial charge in [-0.25, -0.2) is 15.0 Å². The largest absolute Gasteiger partial charge is 0.495 e. The molecule has 30 heavy (non-hydrogen) atoms. The summed E-state index contributed by atoms with van der Waals surface area (Å²) in [6.45, 7) is 3.47. The molecule has 3 aromatic rings. The maximum absolute atomic E-state index is 11.5. The van der Waals surface area contributed by atoms with Gasteiger partial charge in [0.15, 0.2) is 5.78 Å². The maximum Gasteiger partial charge on any atom is 0.241 e. The van der Waals surface area contributed by atoms with E-state index in [9.17, 15) is 4.79 Å². The van der Waals surface area contributed by atoms with E-state index in [1.807, 2.05) is 0 Å². The molecule has 156 valence electrons. The lowest BCUT2D eigenvalue weighted by atomic mass is 10.1. The number of nitrogens with zero attached hydrogens (tertiary/aromatic N) is 3. The van der Waals surface area contributed by atoms with Gasteiger partial charge in [-0.2, -0.15) is 0 Å². The van der Waals surface area contributed by atoms with Gasteiger partial charge in [0, 0.05) is 36.1 Å². The number of benzene rings is 1. The van der Waals surface area contributed by atoms with Gasteiger partial charge < -0.3 is 14.2 Å². The van der Waals surface area contributed by atoms with E-state index in [1.54, 1.807) is 18.3 Å². The van der Waals surface area contributed by atoms with Crippen molar-refractivity contribution in [3.63, 3.8) is 0 Å². The van der Waals surface area contributed by atoms with E-state index in [-0.39, 0.29) is 28.1 Å². The molecule has 2 heterocycles. The number of aryl methyl sites for hydroxylation is 1. The van der Waals surface area contributed by atoms with Crippen molar-refractivity contribution in [3.8, 4) is 28.6 Å². The lowest BCUT2D eigenvalue weighted by Crippen LogP contribution is -2.02. The molecule has 7 nitrogen and oxygen atoms in total. The third-order valence-corrected chi connectivity index (χ3v) is 5.18. The summed E-state index contributed by atoms with van der Waals surface area (Å²) in [6.07, 6.45) is 3.59. The van der Waals surface area contributed by atoms with Crippen LogP contribution in [0.3, 0.4) is 0 Å². The molecule has 0 atom stereocenters. The van der Waals surface area contributed by atoms with Gasteiger partial charge in [-0.3, -0.25) is 4.79 Å². The Kier molecular flexibility index (Phi) is 6.74. The van der Waals surface area contributed by atoms with Crippen molar-refractivity contribution < 1.29 is 19.0 Å². The van der Waals surface area contributed by atoms with Crippen molar-refractivity contribution in [1.29, 1.82) is 0 Å². The zero-order chi connectivity index (χ0) is 21.8. The van der Waals surface area contributed by atoms with Crippen molar-refractivity contribution >= 4 is 39.9 Å². The predicted molar refractivity (Wildman–Crippen MR) is 116 cm³/mol. The van der Waals surface area contributed by atoms with Crippen molar-refractivity contribution in [2.45, 2.75) is 12.8 Å². The molecule has 1 aromatic carbocycles. The average Bonchev–Trinajstić information content (AvgIpc) is 2.77. The maximum atomic E-state index is 11.5. The lowest BCUT2D eigenvalue weighted by molar-refractivity contribution is -0.114. The van der Waals surface area contributed by atoms with Crippen molar-refractivity contribution in [3.05, 3.63) is 46.9 Å². The highest BCUT2D eigenvalue weighted by Crippen LogP contribution is 2.46. The number of halogens is 2. The van der Waals surface area contributed by atoms with Crippen LogP contribution in [0.5, 0.6) is 17.4 Å². The predicted octanol–water partition coefficient (Wildman–Crippen LogP) is 4.71. The number of carbonyl (C=O) groups excluding carboxylic acids is 1. The van der Waals surface area contributed by atoms with Crippen LogP contribution in [0.25, 0.3) is 22.2 Å². The summed E-state index contributed by atoms with van der Waals surface area (Å²) < 4.78 is 16.1. The molecule has 0 aliphatic rings. The second-order valence-corrected chi connectivity index (χ2v) is 6.95. The number of allylic oxidation sites excluding steroid dienone is 1. The van der Waals surface area contributed by atoms with Crippen LogP contribution in [0.1, 0.15) is 12.2 Å². The van der Waals surface area contributed by atoms with E-state index in [0.717, 1.165) is 0 Å². The highest BCUT2D eigenvalue weighted by Gasteiger charge is 2.21. The molecule has 0 saturated carbocycles. The van der Waals surface area contributed by atoms with Crippen LogP contribution in [-0.2, 0) is 11.2 Å². The molecule has 0 amide bonds. The number of pyridine rings is 1. The molecular weight excluding hydrogens is 429 g/mol. The average molecular weight is 448 g/mol. The van der Waals surface area contributed by atoms with E-state index in [1.165, 1.54) is 27.4 Å². The number of ether oxygens (including phenoxy) is 3. The summed E-state index contributed by atoms with van der Waals surface area (Å²) in [5.74, 6) is 1.50. The molecule has 0 aliphatic heterocycles. The standard InChI is InChI=1S/C21H19Cl2N3O4/c1-5-12(27)6-7-16-24-10-11-8-13(25-21(30-4)20(11)26-16)17-18(22)14(28-2)9-15(29-3)19(17)23/h5,8-10H,1,6-7H2,2-4H3. The van der Waals surface area contributed by atoms with Gasteiger partial charge in [0.05, 0.1) is 37.1 Å². The first kappa shape index (κ1) is 21.8. The zero-order valence-electron chi connectivity index (χ0n) is 16.7. The molecule has 0 N–H and O–H groups in total. The van der Waals surface area contributed by atoms with E-state index < -0.39 is 0 Å². The Labute approximate surface area is 183 Å². The van der Waals surface area contributed by atoms with E-state index in [2.05, 4.69) is 21.5 Å². The third-order valence-electron chi connectivity index (χ3n) is 4.43. The Morgan fingerprint density at radius 2 is 1.73 bits per heavy atom. The molecular formula is C21H19Cl2N3O4. The molecule has 0 bridgehead atoms. The summed E-state index contributed by atoms with van der Waals surface area (Å²) in [6, 6.07) is 3.36. The first-order valence-electron chi connectivity index (χ1n) is 8.89. The molecule has 0 unspecified atom stereocenters. The topological polar surface area (TPSA) is 83.4 Å². The van der Waals surface area contributed by atoms with Gasteiger partial charge in [0.1, 0.15) is 22.8 Å². The Bertz CT molecular complexity index is 1110. The van der Waals surface area contributed by atoms with Crippen LogP contribution >= 0.6 is 23.2 Å². The van der Waals surface area contributed by atoms with Gasteiger partial charge in [0.25, 0.3) is 0 Å². The van der Waals surface area contributed by atoms with Gasteiger partial charge in [0.2, 0.25) is 5.88 Å². The number of ketones is 1. The number of carbonyl (C=O) groups is 1. The summed E-state index contributed by atoms with van der Waals surface area (Å²) in [4.78, 5) is 24.9. The van der Waals surface area contributed by atoms with Gasteiger partial charge >= 0.3 is 0 Å². The summed E-state index contributed by atoms with van der Waals surface area (Å²) in [7, 11) is 4.49. The Morgan fingerprint density at radius 3 is 2.30 bits per heavy atom. The van der Waals surface area contributed by atoms with Crippen LogP contribution in [0.2, 0.25) is 10.0 Å². The van der Waals surface area contributed by atoms with Crippen LogP contribution in [0.4, 0.5) is 0 Å². The number of hydrogen-bond donors (Lipinski definition) is 0. The molecule has 0 radical (unpaired) electrons. The fourth-order valence-electron chi connectivity index (χ4n) is 2.88. The smallest absolute Gasteiger partial charge is 0.241 e. The number of fused-ring (bicyclic) bond motifs is 1. The van der Waals surface area contributed by atoms with Gasteiger partial charge in [-0.05, 0) is 12.1 Å². The number of aromatic nitrogens is 3. The molecule has 0 saturated heterocycles. The van der Waals surface area contributed by atoms with E-state index >= 15 is 0 Å². The lowest BCUT2D eigenvalue weighted by Gasteiger charge is -2.15.